The molecule has 0 amide bonds. The zero-order valence-electron chi connectivity index (χ0n) is 11.0. The number of nitrogens with zero attached hydrogens (tertiary/aromatic N) is 1. The van der Waals surface area contributed by atoms with E-state index in [4.69, 9.17) is 12.6 Å². The minimum absolute atomic E-state index is 0.495. The molecule has 0 radical (unpaired) electrons. The van der Waals surface area contributed by atoms with Crippen molar-refractivity contribution in [2.75, 3.05) is 0 Å². The first-order valence-corrected chi connectivity index (χ1v) is 8.00. The van der Waals surface area contributed by atoms with Gasteiger partial charge in [0.15, 0.2) is 0 Å². The van der Waals surface area contributed by atoms with Gasteiger partial charge >= 0.3 is 0 Å². The lowest BCUT2D eigenvalue weighted by molar-refractivity contribution is 0.235. The van der Waals surface area contributed by atoms with E-state index in [1.54, 1.807) is 5.57 Å². The van der Waals surface area contributed by atoms with Crippen LogP contribution in [0.1, 0.15) is 51.4 Å². The molecule has 0 bridgehead atoms. The summed E-state index contributed by atoms with van der Waals surface area (Å²) in [4.78, 5) is 0. The topological polar surface area (TPSA) is 24.4 Å². The summed E-state index contributed by atoms with van der Waals surface area (Å²) < 4.78 is 0. The van der Waals surface area contributed by atoms with Crippen LogP contribution in [0.2, 0.25) is 0 Å². The molecule has 0 spiro atoms. The van der Waals surface area contributed by atoms with Crippen LogP contribution < -0.4 is 5.43 Å². The zero-order valence-corrected chi connectivity index (χ0v) is 11.9. The SMILES string of the molecule is SC1CCCCC1C1CCC=C(C2CC=NN2)C1. The lowest BCUT2D eigenvalue weighted by Gasteiger charge is -2.37. The van der Waals surface area contributed by atoms with Crippen LogP contribution in [-0.4, -0.2) is 17.5 Å². The second-order valence-corrected chi connectivity index (χ2v) is 6.73. The summed E-state index contributed by atoms with van der Waals surface area (Å²) in [6, 6.07) is 0.495. The third-order valence-electron chi connectivity index (χ3n) is 4.94. The van der Waals surface area contributed by atoms with Gasteiger partial charge in [-0.3, -0.25) is 0 Å². The quantitative estimate of drug-likeness (QED) is 0.578. The second kappa shape index (κ2) is 5.68. The molecule has 2 nitrogen and oxygen atoms in total. The molecule has 3 heteroatoms. The average Bonchev–Trinajstić information content (AvgIpc) is 2.93. The summed E-state index contributed by atoms with van der Waals surface area (Å²) in [5, 5.41) is 4.81. The highest BCUT2D eigenvalue weighted by Crippen LogP contribution is 2.41. The third-order valence-corrected chi connectivity index (χ3v) is 5.58. The van der Waals surface area contributed by atoms with E-state index in [9.17, 15) is 0 Å². The van der Waals surface area contributed by atoms with E-state index in [2.05, 4.69) is 16.6 Å². The van der Waals surface area contributed by atoms with E-state index in [0.29, 0.717) is 11.3 Å². The standard InChI is InChI=1S/C15H24N2S/c18-15-7-2-1-6-13(15)11-4-3-5-12(10-11)14-8-9-16-17-14/h5,9,11,13-15,17-18H,1-4,6-8,10H2. The molecule has 3 aliphatic rings. The minimum Gasteiger partial charge on any atom is -0.303 e. The first-order chi connectivity index (χ1) is 8.84. The second-order valence-electron chi connectivity index (χ2n) is 6.07. The molecule has 4 atom stereocenters. The van der Waals surface area contributed by atoms with Crippen molar-refractivity contribution in [2.45, 2.75) is 62.7 Å². The molecule has 3 rings (SSSR count). The van der Waals surface area contributed by atoms with Crippen molar-refractivity contribution >= 4 is 18.8 Å². The predicted molar refractivity (Wildman–Crippen MR) is 80.2 cm³/mol. The molecule has 2 aliphatic carbocycles. The van der Waals surface area contributed by atoms with Crippen molar-refractivity contribution in [3.05, 3.63) is 11.6 Å². The van der Waals surface area contributed by atoms with E-state index in [0.717, 1.165) is 18.3 Å². The van der Waals surface area contributed by atoms with Gasteiger partial charge in [-0.1, -0.05) is 18.9 Å². The van der Waals surface area contributed by atoms with Crippen molar-refractivity contribution < 1.29 is 0 Å². The van der Waals surface area contributed by atoms with Gasteiger partial charge in [0.05, 0.1) is 6.04 Å². The molecule has 1 fully saturated rings. The summed E-state index contributed by atoms with van der Waals surface area (Å²) in [6.07, 6.45) is 15.0. The van der Waals surface area contributed by atoms with Crippen molar-refractivity contribution in [1.29, 1.82) is 0 Å². The van der Waals surface area contributed by atoms with Gasteiger partial charge in [0, 0.05) is 17.9 Å². The Morgan fingerprint density at radius 3 is 2.89 bits per heavy atom. The summed E-state index contributed by atoms with van der Waals surface area (Å²) >= 11 is 4.85. The van der Waals surface area contributed by atoms with Gasteiger partial charge in [-0.15, -0.1) is 0 Å². The molecular formula is C15H24N2S. The summed E-state index contributed by atoms with van der Waals surface area (Å²) in [5.41, 5.74) is 4.85. The molecular weight excluding hydrogens is 240 g/mol. The van der Waals surface area contributed by atoms with Gasteiger partial charge in [-0.05, 0) is 49.5 Å². The van der Waals surface area contributed by atoms with Gasteiger partial charge < -0.3 is 5.43 Å². The smallest absolute Gasteiger partial charge is 0.0699 e. The van der Waals surface area contributed by atoms with Crippen molar-refractivity contribution in [3.63, 3.8) is 0 Å². The van der Waals surface area contributed by atoms with Gasteiger partial charge in [0.25, 0.3) is 0 Å². The van der Waals surface area contributed by atoms with Crippen molar-refractivity contribution in [2.24, 2.45) is 16.9 Å². The van der Waals surface area contributed by atoms with Crippen LogP contribution in [0.5, 0.6) is 0 Å². The van der Waals surface area contributed by atoms with E-state index < -0.39 is 0 Å². The van der Waals surface area contributed by atoms with E-state index >= 15 is 0 Å². The third kappa shape index (κ3) is 2.61. The Morgan fingerprint density at radius 1 is 1.22 bits per heavy atom. The molecule has 0 aromatic carbocycles. The highest BCUT2D eigenvalue weighted by Gasteiger charge is 2.32. The van der Waals surface area contributed by atoms with Crippen LogP contribution >= 0.6 is 12.6 Å². The summed E-state index contributed by atoms with van der Waals surface area (Å²) in [6.45, 7) is 0. The molecule has 100 valence electrons. The molecule has 0 aromatic heterocycles. The Morgan fingerprint density at radius 2 is 2.11 bits per heavy atom. The van der Waals surface area contributed by atoms with Crippen LogP contribution in [0.3, 0.4) is 0 Å². The molecule has 0 saturated heterocycles. The monoisotopic (exact) mass is 264 g/mol. The van der Waals surface area contributed by atoms with Gasteiger partial charge in [0.1, 0.15) is 0 Å². The molecule has 0 aromatic rings. The fourth-order valence-corrected chi connectivity index (χ4v) is 4.47. The lowest BCUT2D eigenvalue weighted by atomic mass is 9.72. The molecule has 4 unspecified atom stereocenters. The first-order valence-electron chi connectivity index (χ1n) is 7.48. The largest absolute Gasteiger partial charge is 0.303 e. The Hall–Kier alpha value is -0.440. The van der Waals surface area contributed by atoms with E-state index in [-0.39, 0.29) is 0 Å². The van der Waals surface area contributed by atoms with E-state index in [1.165, 1.54) is 44.9 Å². The highest BCUT2D eigenvalue weighted by molar-refractivity contribution is 7.81. The number of hydrazone groups is 1. The summed E-state index contributed by atoms with van der Waals surface area (Å²) in [7, 11) is 0. The number of allylic oxidation sites excluding steroid dienone is 1. The molecule has 1 N–H and O–H groups in total. The minimum atomic E-state index is 0.495. The Labute approximate surface area is 116 Å². The fraction of sp³-hybridized carbons (Fsp3) is 0.800. The Balaban J connectivity index is 1.63. The van der Waals surface area contributed by atoms with Gasteiger partial charge in [-0.25, -0.2) is 0 Å². The maximum absolute atomic E-state index is 4.85. The van der Waals surface area contributed by atoms with Crippen LogP contribution in [-0.2, 0) is 0 Å². The fourth-order valence-electron chi connectivity index (χ4n) is 3.90. The zero-order chi connectivity index (χ0) is 12.4. The number of hydrogen-bond donors (Lipinski definition) is 2. The molecule has 1 aliphatic heterocycles. The van der Waals surface area contributed by atoms with Crippen LogP contribution in [0.4, 0.5) is 0 Å². The van der Waals surface area contributed by atoms with E-state index in [1.807, 2.05) is 6.21 Å². The molecule has 1 saturated carbocycles. The number of hydrogen-bond acceptors (Lipinski definition) is 3. The van der Waals surface area contributed by atoms with Crippen molar-refractivity contribution in [3.8, 4) is 0 Å². The maximum Gasteiger partial charge on any atom is 0.0699 e. The molecule has 18 heavy (non-hydrogen) atoms. The molecule has 1 heterocycles. The van der Waals surface area contributed by atoms with Gasteiger partial charge in [0.2, 0.25) is 0 Å². The number of rotatable bonds is 2. The van der Waals surface area contributed by atoms with Crippen LogP contribution in [0.15, 0.2) is 16.8 Å². The van der Waals surface area contributed by atoms with Gasteiger partial charge in [-0.2, -0.15) is 17.7 Å². The average molecular weight is 264 g/mol. The predicted octanol–water partition coefficient (Wildman–Crippen LogP) is 3.55. The number of nitrogens with one attached hydrogen (secondary N) is 1. The normalized spacial score (nSPS) is 40.4. The van der Waals surface area contributed by atoms with Crippen molar-refractivity contribution in [1.82, 2.24) is 5.43 Å². The Kier molecular flexibility index (Phi) is 3.97. The lowest BCUT2D eigenvalue weighted by Crippen LogP contribution is -2.32. The first kappa shape index (κ1) is 12.6. The summed E-state index contributed by atoms with van der Waals surface area (Å²) in [5.74, 6) is 1.73. The Bertz CT molecular complexity index is 342. The maximum atomic E-state index is 4.85. The number of thiol groups is 1. The highest BCUT2D eigenvalue weighted by atomic mass is 32.1. The van der Waals surface area contributed by atoms with Crippen LogP contribution in [0.25, 0.3) is 0 Å². The van der Waals surface area contributed by atoms with Crippen LogP contribution in [0, 0.1) is 11.8 Å².